The molecule has 1 heterocycles. The molecule has 0 bridgehead atoms. The van der Waals surface area contributed by atoms with Crippen LogP contribution in [0.5, 0.6) is 0 Å². The summed E-state index contributed by atoms with van der Waals surface area (Å²) in [4.78, 5) is 0. The van der Waals surface area contributed by atoms with Gasteiger partial charge in [0.25, 0.3) is 0 Å². The van der Waals surface area contributed by atoms with Crippen LogP contribution in [0, 0.1) is 5.92 Å². The lowest BCUT2D eigenvalue weighted by Crippen LogP contribution is -2.48. The Morgan fingerprint density at radius 2 is 2.00 bits per heavy atom. The largest absolute Gasteiger partial charge is 0.389 e. The third-order valence-electron chi connectivity index (χ3n) is 2.80. The predicted molar refractivity (Wildman–Crippen MR) is 55.4 cm³/mol. The van der Waals surface area contributed by atoms with Crippen LogP contribution < -0.4 is 0 Å². The van der Waals surface area contributed by atoms with Crippen LogP contribution >= 0.6 is 0 Å². The molecule has 0 aromatic heterocycles. The first-order valence-corrected chi connectivity index (χ1v) is 6.47. The molecule has 1 aliphatic heterocycles. The lowest BCUT2D eigenvalue weighted by Gasteiger charge is -2.32. The molecule has 1 aliphatic rings. The van der Waals surface area contributed by atoms with Crippen LogP contribution in [-0.2, 0) is 10.0 Å². The van der Waals surface area contributed by atoms with Crippen LogP contribution in [0.25, 0.3) is 0 Å². The Bertz CT molecular complexity index is 305. The average molecular weight is 221 g/mol. The fraction of sp³-hybridized carbons (Fsp3) is 1.00. The van der Waals surface area contributed by atoms with E-state index in [9.17, 15) is 13.5 Å². The van der Waals surface area contributed by atoms with E-state index >= 15 is 0 Å². The quantitative estimate of drug-likeness (QED) is 0.735. The van der Waals surface area contributed by atoms with Crippen molar-refractivity contribution >= 4 is 10.0 Å². The summed E-state index contributed by atoms with van der Waals surface area (Å²) in [7, 11) is -3.15. The second-order valence-electron chi connectivity index (χ2n) is 4.78. The smallest absolute Gasteiger partial charge is 0.214 e. The van der Waals surface area contributed by atoms with Gasteiger partial charge in [0.2, 0.25) is 10.0 Å². The van der Waals surface area contributed by atoms with Crippen molar-refractivity contribution in [1.82, 2.24) is 4.31 Å². The molecule has 2 atom stereocenters. The van der Waals surface area contributed by atoms with Crippen molar-refractivity contribution in [3.8, 4) is 0 Å². The number of sulfonamides is 1. The number of hydrogen-bond donors (Lipinski definition) is 1. The molecule has 1 fully saturated rings. The van der Waals surface area contributed by atoms with Gasteiger partial charge in [0.05, 0.1) is 17.4 Å². The molecule has 1 rings (SSSR count). The van der Waals surface area contributed by atoms with E-state index in [1.165, 1.54) is 4.31 Å². The molecule has 5 heteroatoms. The molecular weight excluding hydrogens is 202 g/mol. The maximum atomic E-state index is 11.7. The number of rotatable bonds is 2. The Morgan fingerprint density at radius 3 is 2.29 bits per heavy atom. The van der Waals surface area contributed by atoms with E-state index < -0.39 is 15.6 Å². The van der Waals surface area contributed by atoms with Crippen molar-refractivity contribution in [1.29, 1.82) is 0 Å². The van der Waals surface area contributed by atoms with E-state index in [1.54, 1.807) is 20.8 Å². The molecule has 14 heavy (non-hydrogen) atoms. The summed E-state index contributed by atoms with van der Waals surface area (Å²) in [5.74, 6) is 0.359. The second-order valence-corrected chi connectivity index (χ2v) is 6.75. The first-order chi connectivity index (χ1) is 6.14. The highest BCUT2D eigenvalue weighted by Crippen LogP contribution is 2.26. The molecule has 1 saturated heterocycles. The van der Waals surface area contributed by atoms with Gasteiger partial charge in [0.15, 0.2) is 0 Å². The summed E-state index contributed by atoms with van der Waals surface area (Å²) in [6.45, 7) is 7.45. The number of aliphatic hydroxyl groups is 1. The summed E-state index contributed by atoms with van der Waals surface area (Å²) in [6.07, 6.45) is 0. The molecule has 0 aliphatic carbocycles. The highest BCUT2D eigenvalue weighted by atomic mass is 32.2. The zero-order chi connectivity index (χ0) is 11.1. The highest BCUT2D eigenvalue weighted by molar-refractivity contribution is 7.89. The van der Waals surface area contributed by atoms with E-state index in [4.69, 9.17) is 0 Å². The standard InChI is InChI=1S/C9H19NO3S/c1-7-5-10(14(12,13)6-7)8(2)9(3,4)11/h7-8,11H,5-6H2,1-4H3. The third kappa shape index (κ3) is 2.27. The minimum atomic E-state index is -3.15. The van der Waals surface area contributed by atoms with Gasteiger partial charge in [-0.05, 0) is 26.7 Å². The lowest BCUT2D eigenvalue weighted by molar-refractivity contribution is 0.0171. The zero-order valence-corrected chi connectivity index (χ0v) is 10.0. The topological polar surface area (TPSA) is 57.6 Å². The summed E-state index contributed by atoms with van der Waals surface area (Å²) >= 11 is 0. The second kappa shape index (κ2) is 3.47. The third-order valence-corrected chi connectivity index (χ3v) is 4.97. The van der Waals surface area contributed by atoms with E-state index in [-0.39, 0.29) is 17.7 Å². The van der Waals surface area contributed by atoms with E-state index in [0.717, 1.165) is 0 Å². The predicted octanol–water partition coefficient (Wildman–Crippen LogP) is 0.427. The van der Waals surface area contributed by atoms with Crippen LogP contribution in [0.3, 0.4) is 0 Å². The fourth-order valence-corrected chi connectivity index (χ4v) is 3.92. The molecule has 2 unspecified atom stereocenters. The Kier molecular flexibility index (Phi) is 2.96. The van der Waals surface area contributed by atoms with Crippen molar-refractivity contribution in [3.63, 3.8) is 0 Å². The van der Waals surface area contributed by atoms with Gasteiger partial charge in [-0.1, -0.05) is 6.92 Å². The van der Waals surface area contributed by atoms with Gasteiger partial charge in [-0.3, -0.25) is 0 Å². The van der Waals surface area contributed by atoms with Gasteiger partial charge in [-0.2, -0.15) is 4.31 Å². The molecule has 0 spiro atoms. The Balaban J connectivity index is 2.90. The molecule has 4 nitrogen and oxygen atoms in total. The van der Waals surface area contributed by atoms with Crippen molar-refractivity contribution < 1.29 is 13.5 Å². The molecule has 0 amide bonds. The molecule has 0 radical (unpaired) electrons. The van der Waals surface area contributed by atoms with Crippen molar-refractivity contribution in [2.45, 2.75) is 39.3 Å². The highest BCUT2D eigenvalue weighted by Gasteiger charge is 2.41. The molecule has 1 N–H and O–H groups in total. The normalized spacial score (nSPS) is 30.5. The first-order valence-electron chi connectivity index (χ1n) is 4.86. The summed E-state index contributed by atoms with van der Waals surface area (Å²) in [6, 6.07) is -0.363. The van der Waals surface area contributed by atoms with E-state index in [2.05, 4.69) is 0 Å². The van der Waals surface area contributed by atoms with Crippen LogP contribution in [0.4, 0.5) is 0 Å². The van der Waals surface area contributed by atoms with Gasteiger partial charge in [-0.15, -0.1) is 0 Å². The SMILES string of the molecule is CC1CN(C(C)C(C)(C)O)S(=O)(=O)C1. The zero-order valence-electron chi connectivity index (χ0n) is 9.19. The van der Waals surface area contributed by atoms with Crippen LogP contribution in [0.2, 0.25) is 0 Å². The first kappa shape index (κ1) is 11.9. The number of hydrogen-bond acceptors (Lipinski definition) is 3. The summed E-state index contributed by atoms with van der Waals surface area (Å²) in [5, 5.41) is 9.76. The summed E-state index contributed by atoms with van der Waals surface area (Å²) < 4.78 is 24.8. The lowest BCUT2D eigenvalue weighted by atomic mass is 10.0. The van der Waals surface area contributed by atoms with Crippen LogP contribution in [-0.4, -0.2) is 41.8 Å². The van der Waals surface area contributed by atoms with Gasteiger partial charge in [0.1, 0.15) is 0 Å². The average Bonchev–Trinajstić information content (AvgIpc) is 2.20. The van der Waals surface area contributed by atoms with Gasteiger partial charge in [0, 0.05) is 6.54 Å². The Morgan fingerprint density at radius 1 is 1.50 bits per heavy atom. The molecule has 0 aromatic carbocycles. The van der Waals surface area contributed by atoms with Crippen molar-refractivity contribution in [2.24, 2.45) is 5.92 Å². The van der Waals surface area contributed by atoms with E-state index in [1.807, 2.05) is 6.92 Å². The van der Waals surface area contributed by atoms with Gasteiger partial charge in [-0.25, -0.2) is 8.42 Å². The maximum Gasteiger partial charge on any atom is 0.214 e. The van der Waals surface area contributed by atoms with Gasteiger partial charge < -0.3 is 5.11 Å². The summed E-state index contributed by atoms with van der Waals surface area (Å²) in [5.41, 5.74) is -0.989. The minimum Gasteiger partial charge on any atom is -0.389 e. The van der Waals surface area contributed by atoms with Crippen LogP contribution in [0.1, 0.15) is 27.7 Å². The van der Waals surface area contributed by atoms with E-state index in [0.29, 0.717) is 6.54 Å². The Hall–Kier alpha value is -0.130. The minimum absolute atomic E-state index is 0.157. The molecule has 84 valence electrons. The molecule has 0 saturated carbocycles. The molecule has 0 aromatic rings. The monoisotopic (exact) mass is 221 g/mol. The van der Waals surface area contributed by atoms with Crippen LogP contribution in [0.15, 0.2) is 0 Å². The van der Waals surface area contributed by atoms with Gasteiger partial charge >= 0.3 is 0 Å². The molecular formula is C9H19NO3S. The maximum absolute atomic E-state index is 11.7. The van der Waals surface area contributed by atoms with Crippen molar-refractivity contribution in [2.75, 3.05) is 12.3 Å². The fourth-order valence-electron chi connectivity index (χ4n) is 1.68. The Labute approximate surface area is 86.0 Å². The van der Waals surface area contributed by atoms with Crippen molar-refractivity contribution in [3.05, 3.63) is 0 Å². The number of nitrogens with zero attached hydrogens (tertiary/aromatic N) is 1.